The minimum absolute atomic E-state index is 0.120. The van der Waals surface area contributed by atoms with Gasteiger partial charge in [0.2, 0.25) is 0 Å². The highest BCUT2D eigenvalue weighted by molar-refractivity contribution is 7.98. The van der Waals surface area contributed by atoms with Gasteiger partial charge in [0, 0.05) is 23.2 Å². The maximum absolute atomic E-state index is 12.4. The molecule has 0 fully saturated rings. The molecule has 0 aliphatic heterocycles. The fourth-order valence-electron chi connectivity index (χ4n) is 1.88. The van der Waals surface area contributed by atoms with E-state index >= 15 is 0 Å². The second-order valence-electron chi connectivity index (χ2n) is 4.43. The maximum atomic E-state index is 12.4. The van der Waals surface area contributed by atoms with Crippen LogP contribution in [0.5, 0.6) is 0 Å². The van der Waals surface area contributed by atoms with Crippen LogP contribution in [0.1, 0.15) is 4.88 Å². The summed E-state index contributed by atoms with van der Waals surface area (Å²) in [6.07, 6.45) is 0. The molecule has 0 saturated carbocycles. The highest BCUT2D eigenvalue weighted by Gasteiger charge is 2.11. The zero-order valence-corrected chi connectivity index (χ0v) is 13.0. The third-order valence-electron chi connectivity index (χ3n) is 3.00. The Kier molecular flexibility index (Phi) is 4.17. The second kappa shape index (κ2) is 6.24. The van der Waals surface area contributed by atoms with Gasteiger partial charge in [0.25, 0.3) is 5.56 Å². The van der Waals surface area contributed by atoms with Gasteiger partial charge in [-0.25, -0.2) is 0 Å². The first-order chi connectivity index (χ1) is 10.3. The van der Waals surface area contributed by atoms with E-state index in [2.05, 4.69) is 16.3 Å². The van der Waals surface area contributed by atoms with E-state index in [1.54, 1.807) is 23.0 Å². The summed E-state index contributed by atoms with van der Waals surface area (Å²) in [5.41, 5.74) is 1.06. The molecule has 1 aromatic carbocycles. The minimum atomic E-state index is -0.120. The Morgan fingerprint density at radius 2 is 1.95 bits per heavy atom. The first-order valence-corrected chi connectivity index (χ1v) is 8.26. The largest absolute Gasteiger partial charge is 0.287 e. The van der Waals surface area contributed by atoms with Crippen molar-refractivity contribution in [3.63, 3.8) is 0 Å². The molecule has 0 radical (unpaired) electrons. The third-order valence-corrected chi connectivity index (χ3v) is 5.13. The average molecular weight is 315 g/mol. The number of thioether (sulfide) groups is 1. The molecule has 2 aromatic heterocycles. The molecule has 0 aliphatic rings. The Morgan fingerprint density at radius 3 is 2.67 bits per heavy atom. The lowest BCUT2D eigenvalue weighted by Crippen LogP contribution is -2.23. The summed E-state index contributed by atoms with van der Waals surface area (Å²) in [5.74, 6) is 0.796. The molecule has 0 unspecified atom stereocenters. The van der Waals surface area contributed by atoms with Gasteiger partial charge in [-0.2, -0.15) is 0 Å². The normalized spacial score (nSPS) is 10.7. The van der Waals surface area contributed by atoms with Gasteiger partial charge in [-0.1, -0.05) is 48.2 Å². The lowest BCUT2D eigenvalue weighted by Gasteiger charge is -2.07. The lowest BCUT2D eigenvalue weighted by molar-refractivity contribution is 0.666. The molecular formula is C15H13N3OS2. The molecule has 0 saturated heterocycles. The molecule has 0 spiro atoms. The summed E-state index contributed by atoms with van der Waals surface area (Å²) in [5, 5.41) is 11.0. The monoisotopic (exact) mass is 315 g/mol. The van der Waals surface area contributed by atoms with Crippen molar-refractivity contribution in [1.29, 1.82) is 0 Å². The quantitative estimate of drug-likeness (QED) is 0.694. The Labute approximate surface area is 130 Å². The van der Waals surface area contributed by atoms with Gasteiger partial charge >= 0.3 is 0 Å². The maximum Gasteiger partial charge on any atom is 0.280 e. The molecular weight excluding hydrogens is 302 g/mol. The van der Waals surface area contributed by atoms with E-state index in [1.165, 1.54) is 16.6 Å². The predicted octanol–water partition coefficient (Wildman–Crippen LogP) is 3.20. The molecule has 0 N–H and O–H groups in total. The number of hydrogen-bond donors (Lipinski definition) is 0. The highest BCUT2D eigenvalue weighted by Crippen LogP contribution is 2.22. The van der Waals surface area contributed by atoms with Gasteiger partial charge in [0.1, 0.15) is 0 Å². The van der Waals surface area contributed by atoms with Crippen LogP contribution in [0.4, 0.5) is 0 Å². The van der Waals surface area contributed by atoms with Crippen molar-refractivity contribution in [1.82, 2.24) is 14.8 Å². The van der Waals surface area contributed by atoms with Gasteiger partial charge in [-0.15, -0.1) is 21.5 Å². The van der Waals surface area contributed by atoms with Gasteiger partial charge in [-0.3, -0.25) is 9.36 Å². The number of benzene rings is 1. The lowest BCUT2D eigenvalue weighted by atomic mass is 10.2. The van der Waals surface area contributed by atoms with E-state index in [-0.39, 0.29) is 5.56 Å². The first kappa shape index (κ1) is 14.0. The molecule has 0 bridgehead atoms. The van der Waals surface area contributed by atoms with Crippen molar-refractivity contribution in [3.8, 4) is 11.3 Å². The molecule has 0 aliphatic carbocycles. The summed E-state index contributed by atoms with van der Waals surface area (Å²) in [7, 11) is 1.74. The summed E-state index contributed by atoms with van der Waals surface area (Å²) >= 11 is 3.22. The van der Waals surface area contributed by atoms with Crippen molar-refractivity contribution in [2.75, 3.05) is 0 Å². The van der Waals surface area contributed by atoms with E-state index < -0.39 is 0 Å². The van der Waals surface area contributed by atoms with E-state index in [1.807, 2.05) is 41.8 Å². The molecule has 3 rings (SSSR count). The summed E-state index contributed by atoms with van der Waals surface area (Å²) in [6, 6.07) is 13.5. The van der Waals surface area contributed by atoms with Crippen molar-refractivity contribution >= 4 is 23.1 Å². The third kappa shape index (κ3) is 3.06. The van der Waals surface area contributed by atoms with Crippen molar-refractivity contribution in [2.45, 2.75) is 10.9 Å². The molecule has 3 aromatic rings. The molecule has 0 atom stereocenters. The first-order valence-electron chi connectivity index (χ1n) is 6.40. The molecule has 4 nitrogen and oxygen atoms in total. The number of nitrogens with zero attached hydrogens (tertiary/aromatic N) is 3. The summed E-state index contributed by atoms with van der Waals surface area (Å²) in [4.78, 5) is 13.7. The predicted molar refractivity (Wildman–Crippen MR) is 86.6 cm³/mol. The van der Waals surface area contributed by atoms with E-state index in [9.17, 15) is 4.79 Å². The summed E-state index contributed by atoms with van der Waals surface area (Å²) in [6.45, 7) is 0. The molecule has 6 heteroatoms. The zero-order chi connectivity index (χ0) is 14.7. The number of thiophene rings is 1. The second-order valence-corrected chi connectivity index (χ2v) is 6.40. The van der Waals surface area contributed by atoms with Crippen LogP contribution in [0.3, 0.4) is 0 Å². The van der Waals surface area contributed by atoms with Gasteiger partial charge in [0.15, 0.2) is 10.9 Å². The Bertz CT molecular complexity index is 782. The van der Waals surface area contributed by atoms with Crippen LogP contribution in [0.15, 0.2) is 57.8 Å². The standard InChI is InChI=1S/C15H13N3OS2/c1-18-14(19)13(11-6-3-2-4-7-11)16-17-15(18)21-10-12-8-5-9-20-12/h2-9H,10H2,1H3. The Balaban J connectivity index is 1.88. The van der Waals surface area contributed by atoms with E-state index in [0.29, 0.717) is 10.9 Å². The summed E-state index contributed by atoms with van der Waals surface area (Å²) < 4.78 is 1.56. The smallest absolute Gasteiger partial charge is 0.280 e. The Hall–Kier alpha value is -1.92. The highest BCUT2D eigenvalue weighted by atomic mass is 32.2. The van der Waals surface area contributed by atoms with Crippen LogP contribution in [-0.4, -0.2) is 14.8 Å². The SMILES string of the molecule is Cn1c(SCc2cccs2)nnc(-c2ccccc2)c1=O. The fraction of sp³-hybridized carbons (Fsp3) is 0.133. The van der Waals surface area contributed by atoms with Crippen LogP contribution in [0.25, 0.3) is 11.3 Å². The van der Waals surface area contributed by atoms with Crippen molar-refractivity contribution in [2.24, 2.45) is 7.05 Å². The van der Waals surface area contributed by atoms with Crippen LogP contribution in [0.2, 0.25) is 0 Å². The Morgan fingerprint density at radius 1 is 1.14 bits per heavy atom. The number of rotatable bonds is 4. The van der Waals surface area contributed by atoms with Crippen LogP contribution in [-0.2, 0) is 12.8 Å². The zero-order valence-electron chi connectivity index (χ0n) is 11.4. The number of aromatic nitrogens is 3. The van der Waals surface area contributed by atoms with Crippen LogP contribution >= 0.6 is 23.1 Å². The van der Waals surface area contributed by atoms with Gasteiger partial charge in [-0.05, 0) is 11.4 Å². The van der Waals surface area contributed by atoms with Gasteiger partial charge in [0.05, 0.1) is 0 Å². The van der Waals surface area contributed by atoms with E-state index in [0.717, 1.165) is 11.3 Å². The molecule has 2 heterocycles. The number of hydrogen-bond acceptors (Lipinski definition) is 5. The molecule has 0 amide bonds. The molecule has 21 heavy (non-hydrogen) atoms. The van der Waals surface area contributed by atoms with E-state index in [4.69, 9.17) is 0 Å². The topological polar surface area (TPSA) is 47.8 Å². The average Bonchev–Trinajstić information content (AvgIpc) is 3.03. The van der Waals surface area contributed by atoms with Crippen molar-refractivity contribution < 1.29 is 0 Å². The van der Waals surface area contributed by atoms with Crippen molar-refractivity contribution in [3.05, 3.63) is 63.1 Å². The fourth-order valence-corrected chi connectivity index (χ4v) is 3.56. The molecule has 106 valence electrons. The minimum Gasteiger partial charge on any atom is -0.287 e. The van der Waals surface area contributed by atoms with Gasteiger partial charge < -0.3 is 0 Å². The van der Waals surface area contributed by atoms with Crippen LogP contribution in [0, 0.1) is 0 Å². The van der Waals surface area contributed by atoms with Crippen LogP contribution < -0.4 is 5.56 Å².